The quantitative estimate of drug-likeness (QED) is 0.753. The molecule has 3 aromatic rings. The van der Waals surface area contributed by atoms with Crippen molar-refractivity contribution in [1.82, 2.24) is 19.7 Å². The molecule has 0 aliphatic heterocycles. The number of nitrogens with zero attached hydrogens (tertiary/aromatic N) is 4. The van der Waals surface area contributed by atoms with Crippen LogP contribution >= 0.6 is 0 Å². The standard InChI is InChI=1S/C17H17N5O2/c1-2-24-16-8-7-13(9-19-16)17(23)21-15-6-4-3-5-14(15)10-22-12-18-11-20-22/h3-9,11-12H,2,10H2,1H3,(H,21,23). The highest BCUT2D eigenvalue weighted by atomic mass is 16.5. The third-order valence-corrected chi connectivity index (χ3v) is 3.36. The Bertz CT molecular complexity index is 800. The van der Waals surface area contributed by atoms with Crippen molar-refractivity contribution in [2.45, 2.75) is 13.5 Å². The van der Waals surface area contributed by atoms with Gasteiger partial charge in [-0.25, -0.2) is 14.6 Å². The number of benzene rings is 1. The van der Waals surface area contributed by atoms with Gasteiger partial charge in [0.25, 0.3) is 5.91 Å². The maximum atomic E-state index is 12.4. The zero-order valence-electron chi connectivity index (χ0n) is 13.2. The first-order chi connectivity index (χ1) is 11.8. The van der Waals surface area contributed by atoms with Gasteiger partial charge in [-0.1, -0.05) is 18.2 Å². The number of anilines is 1. The summed E-state index contributed by atoms with van der Waals surface area (Å²) in [6.07, 6.45) is 4.61. The molecule has 24 heavy (non-hydrogen) atoms. The van der Waals surface area contributed by atoms with E-state index in [1.807, 2.05) is 31.2 Å². The van der Waals surface area contributed by atoms with E-state index in [2.05, 4.69) is 20.4 Å². The summed E-state index contributed by atoms with van der Waals surface area (Å²) < 4.78 is 6.98. The third-order valence-electron chi connectivity index (χ3n) is 3.36. The smallest absolute Gasteiger partial charge is 0.257 e. The molecule has 3 rings (SSSR count). The molecule has 0 bridgehead atoms. The highest BCUT2D eigenvalue weighted by Gasteiger charge is 2.10. The van der Waals surface area contributed by atoms with Crippen LogP contribution in [0.1, 0.15) is 22.8 Å². The van der Waals surface area contributed by atoms with Gasteiger partial charge in [0, 0.05) is 18.0 Å². The summed E-state index contributed by atoms with van der Waals surface area (Å²) in [6, 6.07) is 10.9. The van der Waals surface area contributed by atoms with Gasteiger partial charge >= 0.3 is 0 Å². The van der Waals surface area contributed by atoms with E-state index in [-0.39, 0.29) is 5.91 Å². The molecule has 0 atom stereocenters. The molecule has 2 heterocycles. The molecule has 1 aromatic carbocycles. The molecule has 122 valence electrons. The second-order valence-electron chi connectivity index (χ2n) is 5.02. The van der Waals surface area contributed by atoms with E-state index in [1.54, 1.807) is 23.1 Å². The molecule has 2 aromatic heterocycles. The van der Waals surface area contributed by atoms with Crippen molar-refractivity contribution in [1.29, 1.82) is 0 Å². The van der Waals surface area contributed by atoms with Crippen molar-refractivity contribution in [2.24, 2.45) is 0 Å². The molecule has 0 radical (unpaired) electrons. The second-order valence-corrected chi connectivity index (χ2v) is 5.02. The van der Waals surface area contributed by atoms with Crippen molar-refractivity contribution < 1.29 is 9.53 Å². The van der Waals surface area contributed by atoms with Crippen molar-refractivity contribution in [3.05, 3.63) is 66.4 Å². The summed E-state index contributed by atoms with van der Waals surface area (Å²) in [5, 5.41) is 7.00. The number of hydrogen-bond donors (Lipinski definition) is 1. The van der Waals surface area contributed by atoms with Crippen molar-refractivity contribution in [3.63, 3.8) is 0 Å². The molecule has 0 fully saturated rings. The maximum absolute atomic E-state index is 12.4. The first-order valence-electron chi connectivity index (χ1n) is 7.57. The van der Waals surface area contributed by atoms with Gasteiger partial charge in [0.1, 0.15) is 12.7 Å². The van der Waals surface area contributed by atoms with E-state index in [9.17, 15) is 4.79 Å². The molecule has 0 saturated heterocycles. The van der Waals surface area contributed by atoms with Crippen LogP contribution in [-0.2, 0) is 6.54 Å². The van der Waals surface area contributed by atoms with E-state index in [4.69, 9.17) is 4.74 Å². The molecule has 7 nitrogen and oxygen atoms in total. The molecule has 0 spiro atoms. The van der Waals surface area contributed by atoms with Crippen LogP contribution < -0.4 is 10.1 Å². The molecule has 1 N–H and O–H groups in total. The SMILES string of the molecule is CCOc1ccc(C(=O)Nc2ccccc2Cn2cncn2)cn1. The molecule has 1 amide bonds. The summed E-state index contributed by atoms with van der Waals surface area (Å²) in [4.78, 5) is 20.4. The number of rotatable bonds is 6. The molecule has 0 unspecified atom stereocenters. The van der Waals surface area contributed by atoms with Crippen LogP contribution in [0, 0.1) is 0 Å². The Balaban J connectivity index is 1.74. The lowest BCUT2D eigenvalue weighted by Crippen LogP contribution is -2.14. The van der Waals surface area contributed by atoms with Gasteiger partial charge < -0.3 is 10.1 Å². The number of ether oxygens (including phenoxy) is 1. The second kappa shape index (κ2) is 7.36. The zero-order chi connectivity index (χ0) is 16.8. The molecular formula is C17H17N5O2. The Labute approximate surface area is 139 Å². The van der Waals surface area contributed by atoms with E-state index in [0.717, 1.165) is 11.3 Å². The van der Waals surface area contributed by atoms with Crippen LogP contribution in [0.4, 0.5) is 5.69 Å². The topological polar surface area (TPSA) is 81.9 Å². The number of aromatic nitrogens is 4. The first kappa shape index (κ1) is 15.7. The van der Waals surface area contributed by atoms with Crippen LogP contribution in [0.15, 0.2) is 55.2 Å². The Morgan fingerprint density at radius 3 is 2.83 bits per heavy atom. The third kappa shape index (κ3) is 3.75. The highest BCUT2D eigenvalue weighted by molar-refractivity contribution is 6.04. The number of amides is 1. The fourth-order valence-corrected chi connectivity index (χ4v) is 2.21. The number of carbonyl (C=O) groups excluding carboxylic acids is 1. The molecule has 7 heteroatoms. The lowest BCUT2D eigenvalue weighted by atomic mass is 10.1. The van der Waals surface area contributed by atoms with Gasteiger partial charge in [0.05, 0.1) is 18.7 Å². The number of pyridine rings is 1. The summed E-state index contributed by atoms with van der Waals surface area (Å²) in [7, 11) is 0. The van der Waals surface area contributed by atoms with Crippen LogP contribution in [0.25, 0.3) is 0 Å². The van der Waals surface area contributed by atoms with Gasteiger partial charge in [-0.3, -0.25) is 4.79 Å². The van der Waals surface area contributed by atoms with E-state index < -0.39 is 0 Å². The highest BCUT2D eigenvalue weighted by Crippen LogP contribution is 2.17. The van der Waals surface area contributed by atoms with Gasteiger partial charge in [-0.2, -0.15) is 5.10 Å². The minimum atomic E-state index is -0.225. The monoisotopic (exact) mass is 323 g/mol. The predicted octanol–water partition coefficient (Wildman–Crippen LogP) is 2.37. The van der Waals surface area contributed by atoms with Crippen molar-refractivity contribution >= 4 is 11.6 Å². The molecular weight excluding hydrogens is 306 g/mol. The molecule has 0 aliphatic rings. The molecule has 0 saturated carbocycles. The van der Waals surface area contributed by atoms with Gasteiger partial charge in [0.2, 0.25) is 5.88 Å². The van der Waals surface area contributed by atoms with E-state index >= 15 is 0 Å². The zero-order valence-corrected chi connectivity index (χ0v) is 13.2. The number of para-hydroxylation sites is 1. The Morgan fingerprint density at radius 1 is 1.25 bits per heavy atom. The van der Waals surface area contributed by atoms with Crippen LogP contribution in [0.3, 0.4) is 0 Å². The number of hydrogen-bond acceptors (Lipinski definition) is 5. The minimum absolute atomic E-state index is 0.225. The predicted molar refractivity (Wildman–Crippen MR) is 88.9 cm³/mol. The Hall–Kier alpha value is -3.22. The van der Waals surface area contributed by atoms with E-state index in [0.29, 0.717) is 24.6 Å². The largest absolute Gasteiger partial charge is 0.478 e. The van der Waals surface area contributed by atoms with Crippen LogP contribution in [0.2, 0.25) is 0 Å². The normalized spacial score (nSPS) is 10.4. The Kier molecular flexibility index (Phi) is 4.81. The lowest BCUT2D eigenvalue weighted by molar-refractivity contribution is 0.102. The summed E-state index contributed by atoms with van der Waals surface area (Å²) in [6.45, 7) is 2.94. The van der Waals surface area contributed by atoms with Crippen LogP contribution in [0.5, 0.6) is 5.88 Å². The average molecular weight is 323 g/mol. The van der Waals surface area contributed by atoms with Gasteiger partial charge in [0.15, 0.2) is 0 Å². The first-order valence-corrected chi connectivity index (χ1v) is 7.57. The lowest BCUT2D eigenvalue weighted by Gasteiger charge is -2.11. The van der Waals surface area contributed by atoms with Crippen LogP contribution in [-0.4, -0.2) is 32.3 Å². The van der Waals surface area contributed by atoms with E-state index in [1.165, 1.54) is 12.5 Å². The fourth-order valence-electron chi connectivity index (χ4n) is 2.21. The average Bonchev–Trinajstić information content (AvgIpc) is 3.11. The summed E-state index contributed by atoms with van der Waals surface area (Å²) in [5.74, 6) is 0.275. The minimum Gasteiger partial charge on any atom is -0.478 e. The maximum Gasteiger partial charge on any atom is 0.257 e. The van der Waals surface area contributed by atoms with Crippen molar-refractivity contribution in [2.75, 3.05) is 11.9 Å². The van der Waals surface area contributed by atoms with Gasteiger partial charge in [-0.15, -0.1) is 0 Å². The van der Waals surface area contributed by atoms with Crippen molar-refractivity contribution in [3.8, 4) is 5.88 Å². The number of carbonyl (C=O) groups is 1. The van der Waals surface area contributed by atoms with Gasteiger partial charge in [-0.05, 0) is 24.6 Å². The Morgan fingerprint density at radius 2 is 2.12 bits per heavy atom. The summed E-state index contributed by atoms with van der Waals surface area (Å²) in [5.41, 5.74) is 2.14. The number of nitrogens with one attached hydrogen (secondary N) is 1. The summed E-state index contributed by atoms with van der Waals surface area (Å²) >= 11 is 0. The fraction of sp³-hybridized carbons (Fsp3) is 0.176. The molecule has 0 aliphatic carbocycles.